The van der Waals surface area contributed by atoms with Crippen LogP contribution in [0.1, 0.15) is 5.56 Å². The number of benzene rings is 1. The van der Waals surface area contributed by atoms with Crippen LogP contribution in [0.3, 0.4) is 0 Å². The largest absolute Gasteiger partial charge is 0.508 e. The molecule has 76 valence electrons. The second-order valence-electron chi connectivity index (χ2n) is 3.51. The zero-order valence-corrected chi connectivity index (χ0v) is 8.64. The molecule has 2 heteroatoms. The number of nitrogens with zero attached hydrogens (tertiary/aromatic N) is 1. The first-order valence-electron chi connectivity index (χ1n) is 4.79. The summed E-state index contributed by atoms with van der Waals surface area (Å²) in [5.74, 6) is 0.284. The number of hydrogen-bond acceptors (Lipinski definition) is 2. The molecule has 1 aliphatic heterocycles. The summed E-state index contributed by atoms with van der Waals surface area (Å²) in [4.78, 5) is 2.02. The molecule has 15 heavy (non-hydrogen) atoms. The Morgan fingerprint density at radius 1 is 1.20 bits per heavy atom. The highest BCUT2D eigenvalue weighted by Crippen LogP contribution is 2.26. The van der Waals surface area contributed by atoms with Gasteiger partial charge in [0.05, 0.1) is 0 Å². The van der Waals surface area contributed by atoms with E-state index in [1.165, 1.54) is 0 Å². The van der Waals surface area contributed by atoms with Gasteiger partial charge in [-0.25, -0.2) is 0 Å². The van der Waals surface area contributed by atoms with E-state index < -0.39 is 0 Å². The van der Waals surface area contributed by atoms with Crippen LogP contribution < -0.4 is 0 Å². The first-order chi connectivity index (χ1) is 7.18. The Morgan fingerprint density at radius 2 is 1.87 bits per heavy atom. The van der Waals surface area contributed by atoms with Gasteiger partial charge >= 0.3 is 0 Å². The molecule has 2 nitrogen and oxygen atoms in total. The van der Waals surface area contributed by atoms with Crippen molar-refractivity contribution in [1.82, 2.24) is 4.90 Å². The summed E-state index contributed by atoms with van der Waals surface area (Å²) < 4.78 is 0. The molecule has 0 atom stereocenters. The van der Waals surface area contributed by atoms with Crippen molar-refractivity contribution in [2.45, 2.75) is 0 Å². The summed E-state index contributed by atoms with van der Waals surface area (Å²) in [6, 6.07) is 7.16. The standard InChI is InChI=1S/C13H13NO/c1-10-4-3-5-13(14(10)2)11-6-8-12(15)9-7-11/h3-9,15H,1H2,2H3. The van der Waals surface area contributed by atoms with Crippen LogP contribution in [0.5, 0.6) is 5.75 Å². The first kappa shape index (κ1) is 9.59. The minimum Gasteiger partial charge on any atom is -0.508 e. The SMILES string of the molecule is C=C1C=CC=C(c2ccc(O)cc2)N1C. The molecule has 0 unspecified atom stereocenters. The molecular formula is C13H13NO. The Morgan fingerprint density at radius 3 is 2.53 bits per heavy atom. The Labute approximate surface area is 89.5 Å². The maximum atomic E-state index is 9.21. The van der Waals surface area contributed by atoms with Crippen molar-refractivity contribution < 1.29 is 5.11 Å². The van der Waals surface area contributed by atoms with E-state index in [0.29, 0.717) is 0 Å². The van der Waals surface area contributed by atoms with Crippen LogP contribution in [0.4, 0.5) is 0 Å². The molecule has 0 aromatic heterocycles. The summed E-state index contributed by atoms with van der Waals surface area (Å²) in [5.41, 5.74) is 3.11. The summed E-state index contributed by atoms with van der Waals surface area (Å²) in [6.07, 6.45) is 5.97. The first-order valence-corrected chi connectivity index (χ1v) is 4.79. The molecule has 0 bridgehead atoms. The Bertz CT molecular complexity index is 440. The zero-order chi connectivity index (χ0) is 10.8. The number of hydrogen-bond donors (Lipinski definition) is 1. The van der Waals surface area contributed by atoms with Gasteiger partial charge in [-0.05, 0) is 42.0 Å². The highest BCUT2D eigenvalue weighted by molar-refractivity contribution is 5.69. The van der Waals surface area contributed by atoms with E-state index in [9.17, 15) is 5.11 Å². The van der Waals surface area contributed by atoms with Crippen molar-refractivity contribution in [3.05, 3.63) is 60.3 Å². The zero-order valence-electron chi connectivity index (χ0n) is 8.64. The van der Waals surface area contributed by atoms with Gasteiger partial charge in [0, 0.05) is 18.4 Å². The van der Waals surface area contributed by atoms with Crippen molar-refractivity contribution in [2.24, 2.45) is 0 Å². The van der Waals surface area contributed by atoms with Gasteiger partial charge < -0.3 is 10.0 Å². The van der Waals surface area contributed by atoms with Crippen LogP contribution in [0, 0.1) is 0 Å². The molecule has 0 aliphatic carbocycles. The summed E-state index contributed by atoms with van der Waals surface area (Å²) in [6.45, 7) is 3.94. The van der Waals surface area contributed by atoms with Gasteiger partial charge in [0.25, 0.3) is 0 Å². The van der Waals surface area contributed by atoms with E-state index >= 15 is 0 Å². The number of rotatable bonds is 1. The van der Waals surface area contributed by atoms with Gasteiger partial charge in [-0.2, -0.15) is 0 Å². The molecule has 1 aromatic rings. The topological polar surface area (TPSA) is 23.5 Å². The van der Waals surface area contributed by atoms with E-state index in [2.05, 4.69) is 6.58 Å². The monoisotopic (exact) mass is 199 g/mol. The molecule has 1 aromatic carbocycles. The smallest absolute Gasteiger partial charge is 0.115 e. The van der Waals surface area contributed by atoms with Gasteiger partial charge in [-0.1, -0.05) is 12.7 Å². The van der Waals surface area contributed by atoms with E-state index in [1.54, 1.807) is 12.1 Å². The second-order valence-corrected chi connectivity index (χ2v) is 3.51. The minimum atomic E-state index is 0.284. The summed E-state index contributed by atoms with van der Waals surface area (Å²) in [7, 11) is 1.98. The summed E-state index contributed by atoms with van der Waals surface area (Å²) in [5, 5.41) is 9.21. The van der Waals surface area contributed by atoms with Crippen LogP contribution in [0.25, 0.3) is 5.70 Å². The number of phenols is 1. The van der Waals surface area contributed by atoms with Gasteiger partial charge in [0.2, 0.25) is 0 Å². The predicted molar refractivity (Wildman–Crippen MR) is 62.1 cm³/mol. The van der Waals surface area contributed by atoms with Crippen LogP contribution in [0.2, 0.25) is 0 Å². The average Bonchev–Trinajstić information content (AvgIpc) is 2.24. The van der Waals surface area contributed by atoms with E-state index in [1.807, 2.05) is 42.3 Å². The van der Waals surface area contributed by atoms with Crippen molar-refractivity contribution >= 4 is 5.70 Å². The third-order valence-corrected chi connectivity index (χ3v) is 2.50. The van der Waals surface area contributed by atoms with Crippen LogP contribution in [-0.4, -0.2) is 17.1 Å². The Balaban J connectivity index is 2.39. The van der Waals surface area contributed by atoms with Crippen LogP contribution >= 0.6 is 0 Å². The van der Waals surface area contributed by atoms with Gasteiger partial charge in [0.1, 0.15) is 5.75 Å². The fraction of sp³-hybridized carbons (Fsp3) is 0.0769. The lowest BCUT2D eigenvalue weighted by Crippen LogP contribution is -2.16. The van der Waals surface area contributed by atoms with Gasteiger partial charge in [-0.3, -0.25) is 0 Å². The maximum absolute atomic E-state index is 9.21. The molecule has 0 fully saturated rings. The molecule has 2 rings (SSSR count). The molecule has 1 heterocycles. The molecule has 0 spiro atoms. The van der Waals surface area contributed by atoms with Crippen molar-refractivity contribution in [3.8, 4) is 5.75 Å². The Hall–Kier alpha value is -1.96. The van der Waals surface area contributed by atoms with Crippen LogP contribution in [-0.2, 0) is 0 Å². The lowest BCUT2D eigenvalue weighted by molar-refractivity contribution is 0.475. The van der Waals surface area contributed by atoms with Crippen LogP contribution in [0.15, 0.2) is 54.8 Å². The van der Waals surface area contributed by atoms with E-state index in [0.717, 1.165) is 17.0 Å². The van der Waals surface area contributed by atoms with Gasteiger partial charge in [0.15, 0.2) is 0 Å². The number of aromatic hydroxyl groups is 1. The third kappa shape index (κ3) is 1.79. The van der Waals surface area contributed by atoms with E-state index in [-0.39, 0.29) is 5.75 Å². The lowest BCUT2D eigenvalue weighted by Gasteiger charge is -2.25. The normalized spacial score (nSPS) is 15.4. The molecule has 0 saturated heterocycles. The fourth-order valence-corrected chi connectivity index (χ4v) is 1.55. The lowest BCUT2D eigenvalue weighted by atomic mass is 10.1. The van der Waals surface area contributed by atoms with Crippen molar-refractivity contribution in [3.63, 3.8) is 0 Å². The highest BCUT2D eigenvalue weighted by atomic mass is 16.3. The average molecular weight is 199 g/mol. The molecular weight excluding hydrogens is 186 g/mol. The minimum absolute atomic E-state index is 0.284. The van der Waals surface area contributed by atoms with Crippen molar-refractivity contribution in [1.29, 1.82) is 0 Å². The van der Waals surface area contributed by atoms with E-state index in [4.69, 9.17) is 0 Å². The Kier molecular flexibility index (Phi) is 2.34. The van der Waals surface area contributed by atoms with Gasteiger partial charge in [-0.15, -0.1) is 0 Å². The second kappa shape index (κ2) is 3.65. The molecule has 1 aliphatic rings. The molecule has 1 N–H and O–H groups in total. The van der Waals surface area contributed by atoms with Crippen molar-refractivity contribution in [2.75, 3.05) is 7.05 Å². The molecule has 0 radical (unpaired) electrons. The molecule has 0 amide bonds. The fourth-order valence-electron chi connectivity index (χ4n) is 1.55. The summed E-state index contributed by atoms with van der Waals surface area (Å²) >= 11 is 0. The number of likely N-dealkylation sites (N-methyl/N-ethyl adjacent to an activating group) is 1. The third-order valence-electron chi connectivity index (χ3n) is 2.50. The number of allylic oxidation sites excluding steroid dienone is 3. The predicted octanol–water partition coefficient (Wildman–Crippen LogP) is 2.75. The maximum Gasteiger partial charge on any atom is 0.115 e. The number of phenolic OH excluding ortho intramolecular Hbond substituents is 1. The quantitative estimate of drug-likeness (QED) is 0.751. The highest BCUT2D eigenvalue weighted by Gasteiger charge is 2.10. The molecule has 0 saturated carbocycles.